The normalized spacial score (nSPS) is 12.4. The number of aromatic amines is 1. The molecule has 0 saturated heterocycles. The van der Waals surface area contributed by atoms with Gasteiger partial charge in [0.15, 0.2) is 0 Å². The van der Waals surface area contributed by atoms with Crippen LogP contribution in [0.5, 0.6) is 0 Å². The molecule has 2 aromatic heterocycles. The number of carbonyl (C=O) groups is 1. The summed E-state index contributed by atoms with van der Waals surface area (Å²) in [6.45, 7) is 3.35. The Bertz CT molecular complexity index is 1070. The highest BCUT2D eigenvalue weighted by molar-refractivity contribution is 5.92. The molecule has 6 nitrogen and oxygen atoms in total. The maximum Gasteiger partial charge on any atom is 0.433 e. The molecule has 0 bridgehead atoms. The average molecular weight is 402 g/mol. The zero-order valence-electron chi connectivity index (χ0n) is 15.5. The van der Waals surface area contributed by atoms with Gasteiger partial charge in [-0.1, -0.05) is 30.3 Å². The number of nitrogens with zero attached hydrogens (tertiary/aromatic N) is 2. The third kappa shape index (κ3) is 4.87. The number of rotatable bonds is 4. The Kier molecular flexibility index (Phi) is 5.49. The fourth-order valence-corrected chi connectivity index (χ4v) is 2.75. The highest BCUT2D eigenvalue weighted by Gasteiger charge is 2.32. The van der Waals surface area contributed by atoms with E-state index in [2.05, 4.69) is 20.3 Å². The summed E-state index contributed by atoms with van der Waals surface area (Å²) in [6.07, 6.45) is -3.31. The average Bonchev–Trinajstić information content (AvgIpc) is 2.66. The van der Waals surface area contributed by atoms with Gasteiger partial charge in [0, 0.05) is 17.8 Å². The summed E-state index contributed by atoms with van der Waals surface area (Å²) < 4.78 is 37.8. The first kappa shape index (κ1) is 20.2. The maximum absolute atomic E-state index is 12.6. The zero-order chi connectivity index (χ0) is 21.2. The molecule has 3 rings (SSSR count). The van der Waals surface area contributed by atoms with Crippen molar-refractivity contribution in [2.75, 3.05) is 0 Å². The van der Waals surface area contributed by atoms with E-state index in [0.717, 1.165) is 17.7 Å². The molecule has 1 atom stereocenters. The van der Waals surface area contributed by atoms with Gasteiger partial charge in [0.05, 0.1) is 6.04 Å². The van der Waals surface area contributed by atoms with Crippen molar-refractivity contribution >= 4 is 5.91 Å². The molecule has 2 heterocycles. The molecule has 9 heteroatoms. The van der Waals surface area contributed by atoms with Crippen LogP contribution in [0.25, 0.3) is 11.1 Å². The van der Waals surface area contributed by atoms with E-state index >= 15 is 0 Å². The molecule has 2 N–H and O–H groups in total. The van der Waals surface area contributed by atoms with E-state index in [-0.39, 0.29) is 11.7 Å². The highest BCUT2D eigenvalue weighted by Crippen LogP contribution is 2.29. The second-order valence-electron chi connectivity index (χ2n) is 6.46. The number of carbonyl (C=O) groups excluding carboxylic acids is 1. The largest absolute Gasteiger partial charge is 0.433 e. The zero-order valence-corrected chi connectivity index (χ0v) is 15.5. The van der Waals surface area contributed by atoms with Crippen LogP contribution in [0, 0.1) is 6.92 Å². The van der Waals surface area contributed by atoms with E-state index in [1.807, 2.05) is 0 Å². The summed E-state index contributed by atoms with van der Waals surface area (Å²) >= 11 is 0. The molecular weight excluding hydrogens is 385 g/mol. The molecule has 1 aromatic carbocycles. The first-order valence-corrected chi connectivity index (χ1v) is 8.66. The number of halogens is 3. The van der Waals surface area contributed by atoms with Gasteiger partial charge in [-0.25, -0.2) is 4.98 Å². The molecule has 29 heavy (non-hydrogen) atoms. The number of H-pyrrole nitrogens is 1. The molecule has 0 aliphatic heterocycles. The standard InChI is InChI=1S/C20H17F3N4O2/c1-11(25-19(29)16-9-18(28)27-12(2)26-16)13-3-5-14(6-4-13)15-7-8-17(24-10-15)20(21,22)23/h3-11H,1-2H3,(H,25,29)(H,26,27,28)/t11-/m1/s1. The summed E-state index contributed by atoms with van der Waals surface area (Å²) in [5, 5.41) is 2.76. The van der Waals surface area contributed by atoms with E-state index in [4.69, 9.17) is 0 Å². The van der Waals surface area contributed by atoms with Crippen molar-refractivity contribution in [2.24, 2.45) is 0 Å². The van der Waals surface area contributed by atoms with Gasteiger partial charge < -0.3 is 10.3 Å². The van der Waals surface area contributed by atoms with Crippen LogP contribution in [-0.2, 0) is 6.18 Å². The summed E-state index contributed by atoms with van der Waals surface area (Å²) in [4.78, 5) is 33.7. The topological polar surface area (TPSA) is 87.7 Å². The minimum absolute atomic E-state index is 0.0190. The monoisotopic (exact) mass is 402 g/mol. The summed E-state index contributed by atoms with van der Waals surface area (Å²) in [5.74, 6) is -0.146. The molecule has 0 spiro atoms. The van der Waals surface area contributed by atoms with Gasteiger partial charge in [-0.2, -0.15) is 13.2 Å². The highest BCUT2D eigenvalue weighted by atomic mass is 19.4. The first-order valence-electron chi connectivity index (χ1n) is 8.66. The van der Waals surface area contributed by atoms with E-state index in [0.29, 0.717) is 17.0 Å². The van der Waals surface area contributed by atoms with Crippen molar-refractivity contribution in [1.82, 2.24) is 20.3 Å². The fourth-order valence-electron chi connectivity index (χ4n) is 2.75. The number of alkyl halides is 3. The number of amides is 1. The van der Waals surface area contributed by atoms with Crippen molar-refractivity contribution in [3.8, 4) is 11.1 Å². The van der Waals surface area contributed by atoms with Crippen molar-refractivity contribution in [3.05, 3.63) is 81.8 Å². The van der Waals surface area contributed by atoms with Gasteiger partial charge >= 0.3 is 6.18 Å². The summed E-state index contributed by atoms with van der Waals surface area (Å²) in [5.41, 5.74) is 0.682. The van der Waals surface area contributed by atoms with Crippen LogP contribution in [0.3, 0.4) is 0 Å². The Morgan fingerprint density at radius 1 is 1.10 bits per heavy atom. The number of hydrogen-bond donors (Lipinski definition) is 2. The van der Waals surface area contributed by atoms with Crippen LogP contribution in [0.4, 0.5) is 13.2 Å². The van der Waals surface area contributed by atoms with Crippen LogP contribution in [0.1, 0.15) is 40.5 Å². The van der Waals surface area contributed by atoms with Crippen LogP contribution >= 0.6 is 0 Å². The Labute approximate surface area is 163 Å². The molecule has 0 aliphatic carbocycles. The molecule has 0 fully saturated rings. The van der Waals surface area contributed by atoms with E-state index < -0.39 is 23.3 Å². The molecule has 0 aliphatic rings. The van der Waals surface area contributed by atoms with Gasteiger partial charge in [0.1, 0.15) is 17.2 Å². The molecule has 3 aromatic rings. The Morgan fingerprint density at radius 3 is 2.31 bits per heavy atom. The third-order valence-electron chi connectivity index (χ3n) is 4.24. The van der Waals surface area contributed by atoms with Gasteiger partial charge in [-0.3, -0.25) is 14.6 Å². The fraction of sp³-hybridized carbons (Fsp3) is 0.200. The van der Waals surface area contributed by atoms with Crippen LogP contribution in [-0.4, -0.2) is 20.9 Å². The predicted molar refractivity (Wildman–Crippen MR) is 100 cm³/mol. The first-order chi connectivity index (χ1) is 13.6. The number of nitrogens with one attached hydrogen (secondary N) is 2. The van der Waals surface area contributed by atoms with E-state index in [1.165, 1.54) is 12.3 Å². The maximum atomic E-state index is 12.6. The Balaban J connectivity index is 1.72. The van der Waals surface area contributed by atoms with Gasteiger partial charge in [0.2, 0.25) is 0 Å². The lowest BCUT2D eigenvalue weighted by atomic mass is 10.0. The summed E-state index contributed by atoms with van der Waals surface area (Å²) in [7, 11) is 0. The van der Waals surface area contributed by atoms with E-state index in [9.17, 15) is 22.8 Å². The van der Waals surface area contributed by atoms with Gasteiger partial charge in [-0.05, 0) is 31.0 Å². The molecule has 0 unspecified atom stereocenters. The molecular formula is C20H17F3N4O2. The van der Waals surface area contributed by atoms with Crippen molar-refractivity contribution in [3.63, 3.8) is 0 Å². The summed E-state index contributed by atoms with van der Waals surface area (Å²) in [6, 6.07) is 10.0. The molecule has 150 valence electrons. The second kappa shape index (κ2) is 7.86. The van der Waals surface area contributed by atoms with Crippen LogP contribution < -0.4 is 10.9 Å². The number of pyridine rings is 1. The number of hydrogen-bond acceptors (Lipinski definition) is 4. The minimum atomic E-state index is -4.48. The van der Waals surface area contributed by atoms with Crippen LogP contribution in [0.15, 0.2) is 53.5 Å². The van der Waals surface area contributed by atoms with Gasteiger partial charge in [0.25, 0.3) is 11.5 Å². The van der Waals surface area contributed by atoms with E-state index in [1.54, 1.807) is 38.1 Å². The Morgan fingerprint density at radius 2 is 1.76 bits per heavy atom. The lowest BCUT2D eigenvalue weighted by Crippen LogP contribution is -2.29. The second-order valence-corrected chi connectivity index (χ2v) is 6.46. The number of aryl methyl sites for hydroxylation is 1. The third-order valence-corrected chi connectivity index (χ3v) is 4.24. The lowest BCUT2D eigenvalue weighted by molar-refractivity contribution is -0.141. The van der Waals surface area contributed by atoms with Crippen molar-refractivity contribution in [1.29, 1.82) is 0 Å². The lowest BCUT2D eigenvalue weighted by Gasteiger charge is -2.15. The minimum Gasteiger partial charge on any atom is -0.344 e. The quantitative estimate of drug-likeness (QED) is 0.697. The number of aromatic nitrogens is 3. The molecule has 0 radical (unpaired) electrons. The van der Waals surface area contributed by atoms with Crippen molar-refractivity contribution < 1.29 is 18.0 Å². The number of benzene rings is 1. The van der Waals surface area contributed by atoms with Crippen LogP contribution in [0.2, 0.25) is 0 Å². The predicted octanol–water partition coefficient (Wildman–Crippen LogP) is 3.65. The van der Waals surface area contributed by atoms with Gasteiger partial charge in [-0.15, -0.1) is 0 Å². The SMILES string of the molecule is Cc1nc(C(=O)N[C@H](C)c2ccc(-c3ccc(C(F)(F)F)nc3)cc2)cc(=O)[nH]1. The molecule has 0 saturated carbocycles. The van der Waals surface area contributed by atoms with Crippen molar-refractivity contribution in [2.45, 2.75) is 26.1 Å². The Hall–Kier alpha value is -3.49. The molecule has 1 amide bonds. The smallest absolute Gasteiger partial charge is 0.344 e.